The zero-order chi connectivity index (χ0) is 18.7. The maximum atomic E-state index is 13.1. The van der Waals surface area contributed by atoms with E-state index >= 15 is 0 Å². The Kier molecular flexibility index (Phi) is 5.49. The normalized spacial score (nSPS) is 20.5. The predicted octanol–water partition coefficient (Wildman–Crippen LogP) is 2.24. The van der Waals surface area contributed by atoms with Gasteiger partial charge in [0.2, 0.25) is 5.91 Å². The van der Waals surface area contributed by atoms with Crippen molar-refractivity contribution < 1.29 is 27.9 Å². The minimum atomic E-state index is -1.09. The maximum Gasteiger partial charge on any atom is 0.311 e. The quantitative estimate of drug-likeness (QED) is 0.811. The Morgan fingerprint density at radius 1 is 1.19 bits per heavy atom. The van der Waals surface area contributed by atoms with Gasteiger partial charge in [0.1, 0.15) is 0 Å². The summed E-state index contributed by atoms with van der Waals surface area (Å²) in [5.74, 6) is -3.99. The SMILES string of the molecule is O=C(COC(=O)[C@@H]1CC(=O)N(C2CCCC2)C1)Nc1ccc(F)c(F)c1. The second-order valence-corrected chi connectivity index (χ2v) is 6.67. The van der Waals surface area contributed by atoms with Crippen molar-refractivity contribution in [1.29, 1.82) is 0 Å². The molecule has 0 spiro atoms. The molecule has 1 aliphatic carbocycles. The van der Waals surface area contributed by atoms with Crippen molar-refractivity contribution in [1.82, 2.24) is 4.90 Å². The molecule has 1 heterocycles. The first-order chi connectivity index (χ1) is 12.4. The Bertz CT molecular complexity index is 719. The fourth-order valence-electron chi connectivity index (χ4n) is 3.48. The zero-order valence-electron chi connectivity index (χ0n) is 14.2. The number of hydrogen-bond acceptors (Lipinski definition) is 4. The van der Waals surface area contributed by atoms with E-state index in [1.807, 2.05) is 0 Å². The summed E-state index contributed by atoms with van der Waals surface area (Å²) in [6.45, 7) is -0.223. The second-order valence-electron chi connectivity index (χ2n) is 6.67. The van der Waals surface area contributed by atoms with E-state index in [1.165, 1.54) is 6.07 Å². The molecular weight excluding hydrogens is 346 g/mol. The van der Waals surface area contributed by atoms with Crippen molar-refractivity contribution in [3.63, 3.8) is 0 Å². The third-order valence-corrected chi connectivity index (χ3v) is 4.81. The number of amides is 2. The molecule has 2 aliphatic rings. The molecule has 0 bridgehead atoms. The van der Waals surface area contributed by atoms with Crippen LogP contribution in [0.2, 0.25) is 0 Å². The third kappa shape index (κ3) is 4.17. The maximum absolute atomic E-state index is 13.1. The standard InChI is InChI=1S/C18H20F2N2O4/c19-14-6-5-12(8-15(14)20)21-16(23)10-26-18(25)11-7-17(24)22(9-11)13-3-1-2-4-13/h5-6,8,11,13H,1-4,7,9-10H2,(H,21,23)/t11-/m1/s1. The summed E-state index contributed by atoms with van der Waals surface area (Å²) >= 11 is 0. The highest BCUT2D eigenvalue weighted by atomic mass is 19.2. The molecule has 1 aliphatic heterocycles. The molecular formula is C18H20F2N2O4. The molecule has 1 N–H and O–H groups in total. The lowest BCUT2D eigenvalue weighted by molar-refractivity contribution is -0.151. The minimum Gasteiger partial charge on any atom is -0.455 e. The number of hydrogen-bond donors (Lipinski definition) is 1. The smallest absolute Gasteiger partial charge is 0.311 e. The molecule has 1 aromatic carbocycles. The van der Waals surface area contributed by atoms with E-state index < -0.39 is 36.0 Å². The van der Waals surface area contributed by atoms with Gasteiger partial charge in [-0.1, -0.05) is 12.8 Å². The van der Waals surface area contributed by atoms with Crippen LogP contribution in [0.4, 0.5) is 14.5 Å². The number of carbonyl (C=O) groups excluding carboxylic acids is 3. The Balaban J connectivity index is 1.46. The Labute approximate surface area is 149 Å². The minimum absolute atomic E-state index is 0.0508. The average Bonchev–Trinajstić information content (AvgIpc) is 3.25. The van der Waals surface area contributed by atoms with Gasteiger partial charge in [0.15, 0.2) is 18.2 Å². The average molecular weight is 366 g/mol. The number of halogens is 2. The number of carbonyl (C=O) groups is 3. The molecule has 1 aromatic rings. The number of anilines is 1. The molecule has 3 rings (SSSR count). The monoisotopic (exact) mass is 366 g/mol. The molecule has 2 fully saturated rings. The Hall–Kier alpha value is -2.51. The van der Waals surface area contributed by atoms with Crippen LogP contribution in [0.15, 0.2) is 18.2 Å². The van der Waals surface area contributed by atoms with E-state index in [0.717, 1.165) is 37.8 Å². The second kappa shape index (κ2) is 7.80. The van der Waals surface area contributed by atoms with Gasteiger partial charge < -0.3 is 15.0 Å². The van der Waals surface area contributed by atoms with Gasteiger partial charge in [0, 0.05) is 30.8 Å². The largest absolute Gasteiger partial charge is 0.455 e. The van der Waals surface area contributed by atoms with E-state index in [4.69, 9.17) is 4.74 Å². The Morgan fingerprint density at radius 2 is 1.92 bits per heavy atom. The van der Waals surface area contributed by atoms with Gasteiger partial charge in [0.05, 0.1) is 5.92 Å². The van der Waals surface area contributed by atoms with E-state index in [9.17, 15) is 23.2 Å². The number of ether oxygens (including phenoxy) is 1. The van der Waals surface area contributed by atoms with E-state index in [0.29, 0.717) is 6.54 Å². The van der Waals surface area contributed by atoms with Gasteiger partial charge in [0.25, 0.3) is 5.91 Å². The van der Waals surface area contributed by atoms with Crippen molar-refractivity contribution >= 4 is 23.5 Å². The van der Waals surface area contributed by atoms with E-state index in [2.05, 4.69) is 5.32 Å². The van der Waals surface area contributed by atoms with Crippen LogP contribution in [0.3, 0.4) is 0 Å². The number of rotatable bonds is 5. The summed E-state index contributed by atoms with van der Waals surface area (Å²) in [6, 6.07) is 3.13. The number of nitrogens with zero attached hydrogens (tertiary/aromatic N) is 1. The first-order valence-corrected chi connectivity index (χ1v) is 8.65. The highest BCUT2D eigenvalue weighted by Crippen LogP contribution is 2.29. The van der Waals surface area contributed by atoms with Crippen LogP contribution in [0.1, 0.15) is 32.1 Å². The summed E-state index contributed by atoms with van der Waals surface area (Å²) in [7, 11) is 0. The lowest BCUT2D eigenvalue weighted by atomic mass is 10.1. The molecule has 2 amide bonds. The van der Waals surface area contributed by atoms with Crippen molar-refractivity contribution in [2.24, 2.45) is 5.92 Å². The van der Waals surface area contributed by atoms with E-state index in [1.54, 1.807) is 4.90 Å². The van der Waals surface area contributed by atoms with Crippen LogP contribution in [-0.2, 0) is 19.1 Å². The van der Waals surface area contributed by atoms with Crippen LogP contribution in [0.25, 0.3) is 0 Å². The molecule has 8 heteroatoms. The van der Waals surface area contributed by atoms with Gasteiger partial charge in [-0.05, 0) is 25.0 Å². The summed E-state index contributed by atoms with van der Waals surface area (Å²) in [5.41, 5.74) is 0.0633. The number of likely N-dealkylation sites (tertiary alicyclic amines) is 1. The first-order valence-electron chi connectivity index (χ1n) is 8.65. The topological polar surface area (TPSA) is 75.7 Å². The van der Waals surface area contributed by atoms with E-state index in [-0.39, 0.29) is 24.1 Å². The highest BCUT2D eigenvalue weighted by molar-refractivity contribution is 5.93. The fourth-order valence-corrected chi connectivity index (χ4v) is 3.48. The predicted molar refractivity (Wildman–Crippen MR) is 88.0 cm³/mol. The highest BCUT2D eigenvalue weighted by Gasteiger charge is 2.39. The molecule has 0 aromatic heterocycles. The van der Waals surface area contributed by atoms with Crippen molar-refractivity contribution in [2.45, 2.75) is 38.1 Å². The molecule has 1 saturated heterocycles. The van der Waals surface area contributed by atoms with Gasteiger partial charge >= 0.3 is 5.97 Å². The van der Waals surface area contributed by atoms with Crippen molar-refractivity contribution in [3.05, 3.63) is 29.8 Å². The number of nitrogens with one attached hydrogen (secondary N) is 1. The lowest BCUT2D eigenvalue weighted by Crippen LogP contribution is -2.35. The van der Waals surface area contributed by atoms with Crippen molar-refractivity contribution in [2.75, 3.05) is 18.5 Å². The molecule has 0 unspecified atom stereocenters. The Morgan fingerprint density at radius 3 is 2.62 bits per heavy atom. The summed E-state index contributed by atoms with van der Waals surface area (Å²) < 4.78 is 30.9. The molecule has 26 heavy (non-hydrogen) atoms. The van der Waals surface area contributed by atoms with Crippen LogP contribution in [0, 0.1) is 17.6 Å². The fraction of sp³-hybridized carbons (Fsp3) is 0.500. The van der Waals surface area contributed by atoms with Gasteiger partial charge in [-0.15, -0.1) is 0 Å². The lowest BCUT2D eigenvalue weighted by Gasteiger charge is -2.23. The third-order valence-electron chi connectivity index (χ3n) is 4.81. The molecule has 6 nitrogen and oxygen atoms in total. The van der Waals surface area contributed by atoms with Crippen LogP contribution in [-0.4, -0.2) is 41.9 Å². The van der Waals surface area contributed by atoms with Gasteiger partial charge in [-0.3, -0.25) is 14.4 Å². The van der Waals surface area contributed by atoms with Gasteiger partial charge in [-0.2, -0.15) is 0 Å². The zero-order valence-corrected chi connectivity index (χ0v) is 14.2. The van der Waals surface area contributed by atoms with Crippen LogP contribution >= 0.6 is 0 Å². The molecule has 140 valence electrons. The molecule has 1 atom stereocenters. The summed E-state index contributed by atoms with van der Waals surface area (Å²) in [6.07, 6.45) is 4.20. The number of esters is 1. The van der Waals surface area contributed by atoms with Gasteiger partial charge in [-0.25, -0.2) is 8.78 Å². The van der Waals surface area contributed by atoms with Crippen molar-refractivity contribution in [3.8, 4) is 0 Å². The number of benzene rings is 1. The molecule has 0 radical (unpaired) electrons. The van der Waals surface area contributed by atoms with Crippen LogP contribution < -0.4 is 5.32 Å². The van der Waals surface area contributed by atoms with Crippen LogP contribution in [0.5, 0.6) is 0 Å². The summed E-state index contributed by atoms with van der Waals surface area (Å²) in [4.78, 5) is 37.7. The first kappa shape index (κ1) is 18.3. The summed E-state index contributed by atoms with van der Waals surface area (Å²) in [5, 5.41) is 2.32. The molecule has 1 saturated carbocycles.